The Morgan fingerprint density at radius 2 is 2.17 bits per heavy atom. The summed E-state index contributed by atoms with van der Waals surface area (Å²) in [7, 11) is 0. The molecule has 8 heteroatoms. The molecule has 2 aromatic heterocycles. The van der Waals surface area contributed by atoms with E-state index >= 15 is 0 Å². The highest BCUT2D eigenvalue weighted by molar-refractivity contribution is 9.10. The van der Waals surface area contributed by atoms with Crippen LogP contribution in [0.4, 0.5) is 5.82 Å². The molecule has 0 aliphatic heterocycles. The van der Waals surface area contributed by atoms with Gasteiger partial charge in [0.25, 0.3) is 0 Å². The Balaban J connectivity index is 0.000000180. The molecule has 0 saturated carbocycles. The average molecular weight is 312 g/mol. The fourth-order valence-corrected chi connectivity index (χ4v) is 1.11. The van der Waals surface area contributed by atoms with Crippen LogP contribution in [0.15, 0.2) is 40.0 Å². The van der Waals surface area contributed by atoms with Crippen molar-refractivity contribution in [3.63, 3.8) is 0 Å². The predicted molar refractivity (Wildman–Crippen MR) is 69.7 cm³/mol. The topological polar surface area (TPSA) is 128 Å². The summed E-state index contributed by atoms with van der Waals surface area (Å²) in [6.45, 7) is 0. The van der Waals surface area contributed by atoms with E-state index in [9.17, 15) is 9.59 Å². The van der Waals surface area contributed by atoms with Crippen molar-refractivity contribution >= 4 is 27.7 Å². The molecular weight excluding hydrogens is 302 g/mol. The van der Waals surface area contributed by atoms with Crippen LogP contribution >= 0.6 is 15.9 Å². The molecule has 0 bridgehead atoms. The summed E-state index contributed by atoms with van der Waals surface area (Å²) in [5.74, 6) is -0.234. The molecule has 0 atom stereocenters. The van der Waals surface area contributed by atoms with E-state index in [1.165, 1.54) is 12.4 Å². The van der Waals surface area contributed by atoms with Gasteiger partial charge in [-0.05, 0) is 28.1 Å². The molecule has 0 radical (unpaired) electrons. The Hall–Kier alpha value is -2.22. The van der Waals surface area contributed by atoms with Gasteiger partial charge in [0, 0.05) is 18.6 Å². The maximum Gasteiger partial charge on any atom is 0.346 e. The lowest BCUT2D eigenvalue weighted by atomic mass is 10.3. The smallest absolute Gasteiger partial charge is 0.346 e. The van der Waals surface area contributed by atoms with Gasteiger partial charge in [-0.3, -0.25) is 9.78 Å². The van der Waals surface area contributed by atoms with Gasteiger partial charge in [-0.15, -0.1) is 0 Å². The number of carbonyl (C=O) groups is 1. The maximum absolute atomic E-state index is 10.4. The van der Waals surface area contributed by atoms with Gasteiger partial charge in [0.15, 0.2) is 0 Å². The number of nitrogens with zero attached hydrogens (tertiary/aromatic N) is 2. The van der Waals surface area contributed by atoms with Crippen LogP contribution in [0.1, 0.15) is 10.4 Å². The van der Waals surface area contributed by atoms with Gasteiger partial charge in [-0.2, -0.15) is 4.98 Å². The molecule has 0 spiro atoms. The molecule has 2 rings (SSSR count). The average Bonchev–Trinajstić information content (AvgIpc) is 2.36. The number of anilines is 1. The zero-order valence-corrected chi connectivity index (χ0v) is 10.7. The van der Waals surface area contributed by atoms with Crippen LogP contribution < -0.4 is 17.2 Å². The molecule has 0 unspecified atom stereocenters. The lowest BCUT2D eigenvalue weighted by Gasteiger charge is -1.90. The van der Waals surface area contributed by atoms with Crippen LogP contribution in [-0.4, -0.2) is 20.9 Å². The maximum atomic E-state index is 10.4. The van der Waals surface area contributed by atoms with Gasteiger partial charge in [-0.1, -0.05) is 0 Å². The number of halogens is 1. The second-order valence-electron chi connectivity index (χ2n) is 3.04. The van der Waals surface area contributed by atoms with Gasteiger partial charge in [-0.25, -0.2) is 4.79 Å². The number of nitrogens with one attached hydrogen (secondary N) is 1. The van der Waals surface area contributed by atoms with Crippen molar-refractivity contribution in [2.24, 2.45) is 5.73 Å². The molecule has 18 heavy (non-hydrogen) atoms. The van der Waals surface area contributed by atoms with E-state index in [2.05, 4.69) is 30.9 Å². The minimum atomic E-state index is -0.442. The van der Waals surface area contributed by atoms with Gasteiger partial charge in [0.2, 0.25) is 5.91 Å². The SMILES string of the molecule is NC(=O)c1cccnc1.Nc1nc(=O)[nH]cc1Br. The van der Waals surface area contributed by atoms with Gasteiger partial charge in [0.05, 0.1) is 10.0 Å². The Morgan fingerprint density at radius 1 is 1.44 bits per heavy atom. The molecule has 0 aromatic carbocycles. The van der Waals surface area contributed by atoms with E-state index in [0.717, 1.165) is 0 Å². The van der Waals surface area contributed by atoms with Crippen LogP contribution in [0.25, 0.3) is 0 Å². The number of pyridine rings is 1. The number of H-pyrrole nitrogens is 1. The second kappa shape index (κ2) is 6.50. The quantitative estimate of drug-likeness (QED) is 0.697. The first-order valence-corrected chi connectivity index (χ1v) is 5.50. The number of aromatic amines is 1. The number of primary amides is 1. The normalized spacial score (nSPS) is 9.17. The lowest BCUT2D eigenvalue weighted by molar-refractivity contribution is 0.1000. The van der Waals surface area contributed by atoms with E-state index in [-0.39, 0.29) is 5.82 Å². The Labute approximate surface area is 110 Å². The zero-order valence-electron chi connectivity index (χ0n) is 9.13. The van der Waals surface area contributed by atoms with Crippen molar-refractivity contribution in [3.8, 4) is 0 Å². The minimum absolute atomic E-state index is 0.207. The van der Waals surface area contributed by atoms with Gasteiger partial charge in [0.1, 0.15) is 5.82 Å². The van der Waals surface area contributed by atoms with Crippen molar-refractivity contribution < 1.29 is 4.79 Å². The highest BCUT2D eigenvalue weighted by atomic mass is 79.9. The number of hydrogen-bond acceptors (Lipinski definition) is 5. The fourth-order valence-electron chi connectivity index (χ4n) is 0.903. The number of rotatable bonds is 1. The van der Waals surface area contributed by atoms with Crippen molar-refractivity contribution in [2.75, 3.05) is 5.73 Å². The summed E-state index contributed by atoms with van der Waals surface area (Å²) in [5, 5.41) is 0. The summed E-state index contributed by atoms with van der Waals surface area (Å²) in [6.07, 6.45) is 4.47. The van der Waals surface area contributed by atoms with E-state index in [1.807, 2.05) is 0 Å². The number of nitrogens with two attached hydrogens (primary N) is 2. The first-order chi connectivity index (χ1) is 8.50. The largest absolute Gasteiger partial charge is 0.383 e. The molecule has 94 valence electrons. The number of nitrogen functional groups attached to an aromatic ring is 1. The number of hydrogen-bond donors (Lipinski definition) is 3. The van der Waals surface area contributed by atoms with Crippen LogP contribution in [-0.2, 0) is 0 Å². The summed E-state index contributed by atoms with van der Waals surface area (Å²) in [4.78, 5) is 30.2. The Bertz CT molecular complexity index is 584. The Kier molecular flexibility index (Phi) is 5.00. The molecule has 2 heterocycles. The standard InChI is InChI=1S/C6H6N2O.C4H4BrN3O/c7-6(9)5-2-1-3-8-4-5;5-2-1-7-4(9)8-3(2)6/h1-4H,(H2,7,9);1H,(H3,6,7,8,9). The van der Waals surface area contributed by atoms with Crippen LogP contribution in [0.3, 0.4) is 0 Å². The van der Waals surface area contributed by atoms with Gasteiger partial charge < -0.3 is 16.5 Å². The third kappa shape index (κ3) is 4.34. The Morgan fingerprint density at radius 3 is 2.56 bits per heavy atom. The molecule has 5 N–H and O–H groups in total. The molecular formula is C10H10BrN5O2. The highest BCUT2D eigenvalue weighted by Crippen LogP contribution is 2.10. The molecule has 0 aliphatic carbocycles. The second-order valence-corrected chi connectivity index (χ2v) is 3.90. The van der Waals surface area contributed by atoms with E-state index < -0.39 is 11.6 Å². The first kappa shape index (κ1) is 13.8. The van der Waals surface area contributed by atoms with Gasteiger partial charge >= 0.3 is 5.69 Å². The zero-order chi connectivity index (χ0) is 13.5. The molecule has 2 aromatic rings. The minimum Gasteiger partial charge on any atom is -0.383 e. The third-order valence-electron chi connectivity index (χ3n) is 1.74. The number of carbonyl (C=O) groups excluding carboxylic acids is 1. The molecule has 0 aliphatic rings. The van der Waals surface area contributed by atoms with E-state index in [1.54, 1.807) is 18.3 Å². The van der Waals surface area contributed by atoms with Crippen molar-refractivity contribution in [1.29, 1.82) is 0 Å². The summed E-state index contributed by atoms with van der Waals surface area (Å²) >= 11 is 3.07. The molecule has 7 nitrogen and oxygen atoms in total. The van der Waals surface area contributed by atoms with Crippen LogP contribution in [0.2, 0.25) is 0 Å². The summed E-state index contributed by atoms with van der Waals surface area (Å²) < 4.78 is 0.599. The van der Waals surface area contributed by atoms with E-state index in [0.29, 0.717) is 10.0 Å². The lowest BCUT2D eigenvalue weighted by Crippen LogP contribution is -2.11. The van der Waals surface area contributed by atoms with Crippen molar-refractivity contribution in [1.82, 2.24) is 15.0 Å². The van der Waals surface area contributed by atoms with E-state index in [4.69, 9.17) is 11.5 Å². The molecule has 0 saturated heterocycles. The predicted octanol–water partition coefficient (Wildman–Crippen LogP) is 0.295. The van der Waals surface area contributed by atoms with Crippen molar-refractivity contribution in [3.05, 3.63) is 51.2 Å². The third-order valence-corrected chi connectivity index (χ3v) is 2.37. The van der Waals surface area contributed by atoms with Crippen LogP contribution in [0, 0.1) is 0 Å². The first-order valence-electron chi connectivity index (χ1n) is 4.71. The summed E-state index contributed by atoms with van der Waals surface area (Å²) in [6, 6.07) is 3.29. The van der Waals surface area contributed by atoms with Crippen LogP contribution in [0.5, 0.6) is 0 Å². The number of amides is 1. The highest BCUT2D eigenvalue weighted by Gasteiger charge is 1.95. The van der Waals surface area contributed by atoms with Crippen molar-refractivity contribution in [2.45, 2.75) is 0 Å². The molecule has 0 fully saturated rings. The number of aromatic nitrogens is 3. The monoisotopic (exact) mass is 311 g/mol. The fraction of sp³-hybridized carbons (Fsp3) is 0. The summed E-state index contributed by atoms with van der Waals surface area (Å²) in [5.41, 5.74) is 10.2. The molecule has 1 amide bonds.